The average Bonchev–Trinajstić information content (AvgIpc) is 2.98. The molecule has 0 fully saturated rings. The summed E-state index contributed by atoms with van der Waals surface area (Å²) >= 11 is 0. The average molecular weight is 381 g/mol. The minimum absolute atomic E-state index is 0.229. The molecule has 2 aromatic carbocycles. The quantitative estimate of drug-likeness (QED) is 0.706. The summed E-state index contributed by atoms with van der Waals surface area (Å²) in [5.74, 6) is -1.44. The highest BCUT2D eigenvalue weighted by Gasteiger charge is 2.39. The smallest absolute Gasteiger partial charge is 0.262 e. The van der Waals surface area contributed by atoms with E-state index in [0.717, 1.165) is 12.1 Å². The number of nitrogens with zero attached hydrogens (tertiary/aromatic N) is 2. The number of carbonyl (C=O) groups is 1. The van der Waals surface area contributed by atoms with Crippen molar-refractivity contribution in [2.45, 2.75) is 13.1 Å². The normalized spacial score (nSPS) is 15.5. The molecule has 0 bridgehead atoms. The third-order valence-corrected chi connectivity index (χ3v) is 4.45. The van der Waals surface area contributed by atoms with Gasteiger partial charge in [0.05, 0.1) is 17.9 Å². The van der Waals surface area contributed by atoms with E-state index in [1.807, 2.05) is 6.92 Å². The van der Waals surface area contributed by atoms with Gasteiger partial charge in [0.2, 0.25) is 0 Å². The lowest BCUT2D eigenvalue weighted by Crippen LogP contribution is -2.32. The van der Waals surface area contributed by atoms with E-state index in [-0.39, 0.29) is 5.91 Å². The molecule has 0 spiro atoms. The molecule has 1 aromatic heterocycles. The third kappa shape index (κ3) is 3.15. The summed E-state index contributed by atoms with van der Waals surface area (Å²) in [4.78, 5) is 18.9. The van der Waals surface area contributed by atoms with Crippen molar-refractivity contribution in [3.05, 3.63) is 83.7 Å². The molecule has 0 unspecified atom stereocenters. The Morgan fingerprint density at radius 3 is 2.61 bits per heavy atom. The van der Waals surface area contributed by atoms with Gasteiger partial charge in [0.15, 0.2) is 17.8 Å². The molecule has 0 radical (unpaired) electrons. The number of halogens is 2. The van der Waals surface area contributed by atoms with E-state index in [0.29, 0.717) is 35.0 Å². The molecule has 2 heterocycles. The van der Waals surface area contributed by atoms with Crippen LogP contribution in [0.1, 0.15) is 29.1 Å². The Labute approximate surface area is 160 Å². The standard InChI is InChI=1S/C21H17F2N3O2/c1-2-28-15-8-6-14(7-9-15)26-20(19-16(21(26)27)4-3-11-24-19)25-13-5-10-17(22)18(23)12-13/h3-12,20,25H,2H2,1H3/t20-/m1/s1. The maximum Gasteiger partial charge on any atom is 0.262 e. The fourth-order valence-electron chi connectivity index (χ4n) is 3.20. The molecule has 1 aliphatic heterocycles. The summed E-state index contributed by atoms with van der Waals surface area (Å²) in [6.07, 6.45) is 0.930. The van der Waals surface area contributed by atoms with Gasteiger partial charge in [-0.25, -0.2) is 8.78 Å². The molecule has 1 aliphatic rings. The number of aromatic nitrogens is 1. The van der Waals surface area contributed by atoms with Crippen molar-refractivity contribution in [1.29, 1.82) is 0 Å². The number of benzene rings is 2. The number of carbonyl (C=O) groups excluding carboxylic acids is 1. The van der Waals surface area contributed by atoms with Gasteiger partial charge in [-0.1, -0.05) is 0 Å². The predicted octanol–water partition coefficient (Wildman–Crippen LogP) is 4.53. The first kappa shape index (κ1) is 17.9. The predicted molar refractivity (Wildman–Crippen MR) is 101 cm³/mol. The number of amides is 1. The van der Waals surface area contributed by atoms with Crippen LogP contribution in [-0.2, 0) is 0 Å². The lowest BCUT2D eigenvalue weighted by Gasteiger charge is -2.26. The Bertz CT molecular complexity index is 1020. The van der Waals surface area contributed by atoms with Crippen molar-refractivity contribution in [3.63, 3.8) is 0 Å². The van der Waals surface area contributed by atoms with Crippen LogP contribution >= 0.6 is 0 Å². The van der Waals surface area contributed by atoms with Crippen LogP contribution in [0, 0.1) is 11.6 Å². The Hall–Kier alpha value is -3.48. The maximum atomic E-state index is 13.6. The second-order valence-corrected chi connectivity index (χ2v) is 6.21. The van der Waals surface area contributed by atoms with E-state index < -0.39 is 17.8 Å². The zero-order valence-electron chi connectivity index (χ0n) is 15.0. The SMILES string of the molecule is CCOc1ccc(N2C(=O)c3cccnc3[C@@H]2Nc2ccc(F)c(F)c2)cc1. The van der Waals surface area contributed by atoms with Crippen molar-refractivity contribution in [3.8, 4) is 5.75 Å². The Balaban J connectivity index is 1.72. The zero-order valence-corrected chi connectivity index (χ0v) is 15.0. The van der Waals surface area contributed by atoms with Crippen LogP contribution in [0.2, 0.25) is 0 Å². The summed E-state index contributed by atoms with van der Waals surface area (Å²) in [6, 6.07) is 14.0. The first-order valence-corrected chi connectivity index (χ1v) is 8.81. The topological polar surface area (TPSA) is 54.5 Å². The van der Waals surface area contributed by atoms with Gasteiger partial charge in [-0.05, 0) is 55.5 Å². The minimum Gasteiger partial charge on any atom is -0.494 e. The van der Waals surface area contributed by atoms with Crippen molar-refractivity contribution >= 4 is 17.3 Å². The van der Waals surface area contributed by atoms with E-state index >= 15 is 0 Å². The molecule has 7 heteroatoms. The number of ether oxygens (including phenoxy) is 1. The molecule has 0 saturated heterocycles. The molecule has 3 aromatic rings. The van der Waals surface area contributed by atoms with Crippen molar-refractivity contribution in [1.82, 2.24) is 4.98 Å². The maximum absolute atomic E-state index is 13.6. The van der Waals surface area contributed by atoms with Gasteiger partial charge < -0.3 is 10.1 Å². The number of hydrogen-bond acceptors (Lipinski definition) is 4. The Morgan fingerprint density at radius 1 is 1.11 bits per heavy atom. The Kier molecular flexibility index (Phi) is 4.65. The van der Waals surface area contributed by atoms with E-state index in [4.69, 9.17) is 4.74 Å². The van der Waals surface area contributed by atoms with Gasteiger partial charge in [-0.3, -0.25) is 14.7 Å². The van der Waals surface area contributed by atoms with Crippen LogP contribution in [-0.4, -0.2) is 17.5 Å². The van der Waals surface area contributed by atoms with Crippen molar-refractivity contribution in [2.75, 3.05) is 16.8 Å². The van der Waals surface area contributed by atoms with Gasteiger partial charge in [-0.15, -0.1) is 0 Å². The van der Waals surface area contributed by atoms with Gasteiger partial charge in [0, 0.05) is 23.6 Å². The highest BCUT2D eigenvalue weighted by atomic mass is 19.2. The second-order valence-electron chi connectivity index (χ2n) is 6.21. The van der Waals surface area contributed by atoms with Gasteiger partial charge >= 0.3 is 0 Å². The molecule has 1 atom stereocenters. The van der Waals surface area contributed by atoms with E-state index in [9.17, 15) is 13.6 Å². The highest BCUT2D eigenvalue weighted by Crippen LogP contribution is 2.37. The largest absolute Gasteiger partial charge is 0.494 e. The van der Waals surface area contributed by atoms with Gasteiger partial charge in [0.1, 0.15) is 5.75 Å². The fraction of sp³-hybridized carbons (Fsp3) is 0.143. The molecule has 1 N–H and O–H groups in total. The molecule has 5 nitrogen and oxygen atoms in total. The summed E-state index contributed by atoms with van der Waals surface area (Å²) < 4.78 is 32.4. The van der Waals surface area contributed by atoms with Gasteiger partial charge in [-0.2, -0.15) is 0 Å². The number of anilines is 2. The van der Waals surface area contributed by atoms with Gasteiger partial charge in [0.25, 0.3) is 5.91 Å². The lowest BCUT2D eigenvalue weighted by molar-refractivity contribution is 0.0993. The number of pyridine rings is 1. The minimum atomic E-state index is -0.969. The first-order valence-electron chi connectivity index (χ1n) is 8.81. The summed E-state index contributed by atoms with van der Waals surface area (Å²) in [7, 11) is 0. The fourth-order valence-corrected chi connectivity index (χ4v) is 3.20. The summed E-state index contributed by atoms with van der Waals surface area (Å²) in [5, 5.41) is 3.09. The highest BCUT2D eigenvalue weighted by molar-refractivity contribution is 6.11. The molecule has 28 heavy (non-hydrogen) atoms. The number of rotatable bonds is 5. The molecular weight excluding hydrogens is 364 g/mol. The molecule has 142 valence electrons. The van der Waals surface area contributed by atoms with Crippen LogP contribution in [0.4, 0.5) is 20.2 Å². The number of hydrogen-bond donors (Lipinski definition) is 1. The molecule has 1 amide bonds. The summed E-state index contributed by atoms with van der Waals surface area (Å²) in [6.45, 7) is 2.43. The zero-order chi connectivity index (χ0) is 19.7. The second kappa shape index (κ2) is 7.26. The van der Waals surface area contributed by atoms with Crippen LogP contribution in [0.3, 0.4) is 0 Å². The molecule has 4 rings (SSSR count). The summed E-state index contributed by atoms with van der Waals surface area (Å²) in [5.41, 5.74) is 1.94. The first-order chi connectivity index (χ1) is 13.6. The number of fused-ring (bicyclic) bond motifs is 1. The van der Waals surface area contributed by atoms with Crippen LogP contribution in [0.15, 0.2) is 60.8 Å². The number of nitrogens with one attached hydrogen (secondary N) is 1. The lowest BCUT2D eigenvalue weighted by atomic mass is 10.2. The Morgan fingerprint density at radius 2 is 1.89 bits per heavy atom. The van der Waals surface area contributed by atoms with Crippen LogP contribution < -0.4 is 15.0 Å². The molecule has 0 aliphatic carbocycles. The van der Waals surface area contributed by atoms with E-state index in [2.05, 4.69) is 10.3 Å². The molecular formula is C21H17F2N3O2. The third-order valence-electron chi connectivity index (χ3n) is 4.45. The van der Waals surface area contributed by atoms with E-state index in [1.165, 1.54) is 11.0 Å². The van der Waals surface area contributed by atoms with Crippen LogP contribution in [0.5, 0.6) is 5.75 Å². The monoisotopic (exact) mass is 381 g/mol. The molecule has 0 saturated carbocycles. The van der Waals surface area contributed by atoms with Crippen LogP contribution in [0.25, 0.3) is 0 Å². The van der Waals surface area contributed by atoms with Crippen molar-refractivity contribution < 1.29 is 18.3 Å². The van der Waals surface area contributed by atoms with E-state index in [1.54, 1.807) is 42.6 Å². The van der Waals surface area contributed by atoms with Crippen molar-refractivity contribution in [2.24, 2.45) is 0 Å².